The lowest BCUT2D eigenvalue weighted by Gasteiger charge is -2.22. The smallest absolute Gasteiger partial charge is 0.146 e. The van der Waals surface area contributed by atoms with Gasteiger partial charge in [-0.1, -0.05) is 29.8 Å². The van der Waals surface area contributed by atoms with Crippen LogP contribution < -0.4 is 10.1 Å². The molecule has 4 heteroatoms. The largest absolute Gasteiger partial charge is 0.496 e. The van der Waals surface area contributed by atoms with Crippen LogP contribution in [0.5, 0.6) is 5.75 Å². The number of benzene rings is 1. The van der Waals surface area contributed by atoms with Gasteiger partial charge in [0.25, 0.3) is 0 Å². The van der Waals surface area contributed by atoms with E-state index in [0.29, 0.717) is 6.04 Å². The normalized spacial score (nSPS) is 18.9. The zero-order valence-electron chi connectivity index (χ0n) is 11.8. The number of aromatic nitrogens is 1. The van der Waals surface area contributed by atoms with Gasteiger partial charge in [-0.15, -0.1) is 0 Å². The van der Waals surface area contributed by atoms with Gasteiger partial charge in [0.2, 0.25) is 0 Å². The molecule has 1 aliphatic rings. The van der Waals surface area contributed by atoms with E-state index in [1.807, 2.05) is 24.3 Å². The van der Waals surface area contributed by atoms with E-state index in [1.165, 1.54) is 19.3 Å². The van der Waals surface area contributed by atoms with Gasteiger partial charge in [0.15, 0.2) is 0 Å². The molecule has 2 aromatic rings. The van der Waals surface area contributed by atoms with E-state index >= 15 is 0 Å². The number of nitrogens with zero attached hydrogens (tertiary/aromatic N) is 1. The minimum absolute atomic E-state index is 0.491. The maximum Gasteiger partial charge on any atom is 0.146 e. The van der Waals surface area contributed by atoms with Gasteiger partial charge < -0.3 is 14.6 Å². The van der Waals surface area contributed by atoms with Crippen LogP contribution in [0.25, 0.3) is 11.1 Å². The quantitative estimate of drug-likeness (QED) is 0.929. The highest BCUT2D eigenvalue weighted by atomic mass is 16.5. The molecule has 1 unspecified atom stereocenters. The number of nitrogens with one attached hydrogen (secondary N) is 1. The Bertz CT molecular complexity index is 559. The third-order valence-electron chi connectivity index (χ3n) is 3.89. The molecule has 1 aromatic heterocycles. The molecule has 1 aromatic carbocycles. The Kier molecular flexibility index (Phi) is 4.02. The van der Waals surface area contributed by atoms with E-state index in [9.17, 15) is 0 Å². The molecule has 3 rings (SSSR count). The monoisotopic (exact) mass is 272 g/mol. The van der Waals surface area contributed by atoms with Crippen molar-refractivity contribution in [3.8, 4) is 16.9 Å². The second kappa shape index (κ2) is 6.09. The summed E-state index contributed by atoms with van der Waals surface area (Å²) >= 11 is 0. The van der Waals surface area contributed by atoms with Crippen LogP contribution in [0.4, 0.5) is 0 Å². The summed E-state index contributed by atoms with van der Waals surface area (Å²) in [6.45, 7) is 1.10. The van der Waals surface area contributed by atoms with Crippen LogP contribution in [-0.2, 0) is 6.42 Å². The van der Waals surface area contributed by atoms with Gasteiger partial charge in [-0.3, -0.25) is 0 Å². The molecule has 1 aliphatic heterocycles. The van der Waals surface area contributed by atoms with Crippen LogP contribution in [-0.4, -0.2) is 24.9 Å². The zero-order chi connectivity index (χ0) is 13.8. The Morgan fingerprint density at radius 1 is 1.30 bits per heavy atom. The Labute approximate surface area is 119 Å². The van der Waals surface area contributed by atoms with Crippen molar-refractivity contribution in [1.29, 1.82) is 0 Å². The zero-order valence-corrected chi connectivity index (χ0v) is 11.8. The Morgan fingerprint density at radius 2 is 2.20 bits per heavy atom. The third-order valence-corrected chi connectivity index (χ3v) is 3.89. The van der Waals surface area contributed by atoms with Crippen molar-refractivity contribution < 1.29 is 9.26 Å². The average molecular weight is 272 g/mol. The molecule has 1 fully saturated rings. The number of ether oxygens (including phenoxy) is 1. The standard InChI is InChI=1S/C16H20N2O2/c1-19-15-8-3-2-7-13(15)14-11-18-20-16(14)10-12-6-4-5-9-17-12/h2-3,7-8,11-12,17H,4-6,9-10H2,1H3. The predicted octanol–water partition coefficient (Wildman–Crippen LogP) is 3.03. The van der Waals surface area contributed by atoms with Crippen molar-refractivity contribution in [2.24, 2.45) is 0 Å². The summed E-state index contributed by atoms with van der Waals surface area (Å²) in [5, 5.41) is 7.53. The summed E-state index contributed by atoms with van der Waals surface area (Å²) in [4.78, 5) is 0. The highest BCUT2D eigenvalue weighted by Gasteiger charge is 2.20. The first-order valence-electron chi connectivity index (χ1n) is 7.19. The maximum absolute atomic E-state index is 5.48. The summed E-state index contributed by atoms with van der Waals surface area (Å²) in [6.07, 6.45) is 6.43. The number of piperidine rings is 1. The minimum Gasteiger partial charge on any atom is -0.496 e. The second-order valence-electron chi connectivity index (χ2n) is 5.21. The lowest BCUT2D eigenvalue weighted by molar-refractivity contribution is 0.337. The number of rotatable bonds is 4. The maximum atomic E-state index is 5.48. The van der Waals surface area contributed by atoms with Gasteiger partial charge in [-0.05, 0) is 25.5 Å². The fourth-order valence-electron chi connectivity index (χ4n) is 2.82. The number of methoxy groups -OCH3 is 1. The van der Waals surface area contributed by atoms with Crippen molar-refractivity contribution in [1.82, 2.24) is 10.5 Å². The molecule has 0 bridgehead atoms. The lowest BCUT2D eigenvalue weighted by atomic mass is 9.97. The fourth-order valence-corrected chi connectivity index (χ4v) is 2.82. The molecule has 2 heterocycles. The van der Waals surface area contributed by atoms with Crippen molar-refractivity contribution in [3.05, 3.63) is 36.2 Å². The topological polar surface area (TPSA) is 47.3 Å². The molecule has 0 radical (unpaired) electrons. The molecule has 0 amide bonds. The Balaban J connectivity index is 1.85. The van der Waals surface area contributed by atoms with Gasteiger partial charge >= 0.3 is 0 Å². The Morgan fingerprint density at radius 3 is 3.00 bits per heavy atom. The van der Waals surface area contributed by atoms with E-state index in [2.05, 4.69) is 10.5 Å². The van der Waals surface area contributed by atoms with Crippen molar-refractivity contribution in [2.75, 3.05) is 13.7 Å². The van der Waals surface area contributed by atoms with Gasteiger partial charge in [0, 0.05) is 23.6 Å². The van der Waals surface area contributed by atoms with Crippen molar-refractivity contribution >= 4 is 0 Å². The fraction of sp³-hybridized carbons (Fsp3) is 0.438. The van der Waals surface area contributed by atoms with E-state index in [1.54, 1.807) is 13.3 Å². The first-order chi connectivity index (χ1) is 9.88. The Hall–Kier alpha value is -1.81. The molecule has 0 saturated carbocycles. The van der Waals surface area contributed by atoms with Crippen LogP contribution >= 0.6 is 0 Å². The highest BCUT2D eigenvalue weighted by Crippen LogP contribution is 2.32. The summed E-state index contributed by atoms with van der Waals surface area (Å²) < 4.78 is 10.9. The third kappa shape index (κ3) is 2.70. The molecule has 0 spiro atoms. The summed E-state index contributed by atoms with van der Waals surface area (Å²) in [5.41, 5.74) is 2.08. The molecule has 0 aliphatic carbocycles. The number of para-hydroxylation sites is 1. The van der Waals surface area contributed by atoms with Crippen LogP contribution in [0, 0.1) is 0 Å². The SMILES string of the molecule is COc1ccccc1-c1cnoc1CC1CCCCN1. The number of hydrogen-bond acceptors (Lipinski definition) is 4. The van der Waals surface area contributed by atoms with Crippen LogP contribution in [0.2, 0.25) is 0 Å². The highest BCUT2D eigenvalue weighted by molar-refractivity contribution is 5.71. The molecule has 20 heavy (non-hydrogen) atoms. The van der Waals surface area contributed by atoms with Crippen LogP contribution in [0.3, 0.4) is 0 Å². The van der Waals surface area contributed by atoms with Gasteiger partial charge in [0.1, 0.15) is 11.5 Å². The summed E-state index contributed by atoms with van der Waals surface area (Å²) in [6, 6.07) is 8.48. The van der Waals surface area contributed by atoms with Crippen LogP contribution in [0.1, 0.15) is 25.0 Å². The molecular weight excluding hydrogens is 252 g/mol. The van der Waals surface area contributed by atoms with E-state index in [4.69, 9.17) is 9.26 Å². The molecular formula is C16H20N2O2. The molecule has 106 valence electrons. The van der Waals surface area contributed by atoms with Gasteiger partial charge in [0.05, 0.1) is 13.3 Å². The van der Waals surface area contributed by atoms with E-state index in [-0.39, 0.29) is 0 Å². The van der Waals surface area contributed by atoms with Crippen LogP contribution in [0.15, 0.2) is 35.0 Å². The average Bonchev–Trinajstić information content (AvgIpc) is 2.96. The molecule has 4 nitrogen and oxygen atoms in total. The molecule has 1 atom stereocenters. The number of hydrogen-bond donors (Lipinski definition) is 1. The lowest BCUT2D eigenvalue weighted by Crippen LogP contribution is -2.35. The second-order valence-corrected chi connectivity index (χ2v) is 5.21. The summed E-state index contributed by atoms with van der Waals surface area (Å²) in [7, 11) is 1.69. The van der Waals surface area contributed by atoms with E-state index in [0.717, 1.165) is 35.6 Å². The first kappa shape index (κ1) is 13.2. The first-order valence-corrected chi connectivity index (χ1v) is 7.19. The van der Waals surface area contributed by atoms with E-state index < -0.39 is 0 Å². The van der Waals surface area contributed by atoms with Gasteiger partial charge in [-0.25, -0.2) is 0 Å². The molecule has 1 saturated heterocycles. The minimum atomic E-state index is 0.491. The molecule has 1 N–H and O–H groups in total. The predicted molar refractivity (Wildman–Crippen MR) is 77.8 cm³/mol. The van der Waals surface area contributed by atoms with Crippen molar-refractivity contribution in [2.45, 2.75) is 31.7 Å². The van der Waals surface area contributed by atoms with Crippen molar-refractivity contribution in [3.63, 3.8) is 0 Å². The van der Waals surface area contributed by atoms with Gasteiger partial charge in [-0.2, -0.15) is 0 Å². The summed E-state index contributed by atoms with van der Waals surface area (Å²) in [5.74, 6) is 1.79.